The average molecular weight is 291 g/mol. The molecule has 0 bridgehead atoms. The van der Waals surface area contributed by atoms with E-state index in [1.165, 1.54) is 12.8 Å². The summed E-state index contributed by atoms with van der Waals surface area (Å²) in [5.41, 5.74) is 0.968. The first-order valence-electron chi connectivity index (χ1n) is 7.43. The first-order valence-corrected chi connectivity index (χ1v) is 7.43. The summed E-state index contributed by atoms with van der Waals surface area (Å²) in [7, 11) is 1.62. The molecule has 1 fully saturated rings. The quantitative estimate of drug-likeness (QED) is 0.799. The lowest BCUT2D eigenvalue weighted by atomic mass is 9.77. The second-order valence-electron chi connectivity index (χ2n) is 6.16. The Kier molecular flexibility index (Phi) is 5.07. The zero-order valence-corrected chi connectivity index (χ0v) is 13.0. The Labute approximate surface area is 126 Å². The van der Waals surface area contributed by atoms with Gasteiger partial charge in [-0.25, -0.2) is 4.79 Å². The molecule has 0 aliphatic carbocycles. The lowest BCUT2D eigenvalue weighted by molar-refractivity contribution is 0.177. The third-order valence-electron chi connectivity index (χ3n) is 4.15. The van der Waals surface area contributed by atoms with Crippen LogP contribution < -0.4 is 20.7 Å². The average Bonchev–Trinajstić information content (AvgIpc) is 2.46. The molecule has 2 amide bonds. The molecule has 116 valence electrons. The Morgan fingerprint density at radius 1 is 1.38 bits per heavy atom. The molecule has 5 heteroatoms. The number of carbonyl (C=O) groups is 1. The third-order valence-corrected chi connectivity index (χ3v) is 4.15. The first kappa shape index (κ1) is 15.6. The summed E-state index contributed by atoms with van der Waals surface area (Å²) >= 11 is 0. The number of piperidine rings is 1. The standard InChI is InChI=1S/C16H25N3O2/c1-16(2)9-4-10-17-14(16)11-18-15(20)19-12-5-7-13(21-3)8-6-12/h5-8,14,17H,4,9-11H2,1-3H3,(H2,18,19,20). The minimum absolute atomic E-state index is 0.177. The van der Waals surface area contributed by atoms with Crippen molar-refractivity contribution in [1.82, 2.24) is 10.6 Å². The molecule has 21 heavy (non-hydrogen) atoms. The molecule has 0 radical (unpaired) electrons. The predicted molar refractivity (Wildman–Crippen MR) is 84.8 cm³/mol. The fraction of sp³-hybridized carbons (Fsp3) is 0.562. The van der Waals surface area contributed by atoms with E-state index in [1.807, 2.05) is 24.3 Å². The van der Waals surface area contributed by atoms with E-state index in [9.17, 15) is 4.79 Å². The Hall–Kier alpha value is -1.75. The van der Waals surface area contributed by atoms with Gasteiger partial charge in [-0.05, 0) is 49.1 Å². The van der Waals surface area contributed by atoms with Crippen LogP contribution in [0.25, 0.3) is 0 Å². The van der Waals surface area contributed by atoms with Crippen molar-refractivity contribution in [1.29, 1.82) is 0 Å². The van der Waals surface area contributed by atoms with Crippen LogP contribution in [0.4, 0.5) is 10.5 Å². The lowest BCUT2D eigenvalue weighted by Crippen LogP contribution is -2.53. The van der Waals surface area contributed by atoms with Crippen LogP contribution in [-0.4, -0.2) is 32.3 Å². The van der Waals surface area contributed by atoms with Crippen molar-refractivity contribution in [3.8, 4) is 5.75 Å². The van der Waals surface area contributed by atoms with Gasteiger partial charge < -0.3 is 20.7 Å². The molecule has 3 N–H and O–H groups in total. The highest BCUT2D eigenvalue weighted by molar-refractivity contribution is 5.89. The molecule has 1 aliphatic rings. The normalized spacial score (nSPS) is 20.6. The molecule has 2 rings (SSSR count). The van der Waals surface area contributed by atoms with E-state index in [4.69, 9.17) is 4.74 Å². The number of hydrogen-bond acceptors (Lipinski definition) is 3. The van der Waals surface area contributed by atoms with Gasteiger partial charge in [-0.1, -0.05) is 13.8 Å². The van der Waals surface area contributed by atoms with Crippen LogP contribution in [0.5, 0.6) is 5.75 Å². The van der Waals surface area contributed by atoms with Gasteiger partial charge in [0.05, 0.1) is 7.11 Å². The zero-order valence-electron chi connectivity index (χ0n) is 13.0. The lowest BCUT2D eigenvalue weighted by Gasteiger charge is -2.39. The van der Waals surface area contributed by atoms with Crippen LogP contribution in [0, 0.1) is 5.41 Å². The van der Waals surface area contributed by atoms with Crippen LogP contribution >= 0.6 is 0 Å². The molecule has 1 saturated heterocycles. The molecule has 1 aliphatic heterocycles. The molecular formula is C16H25N3O2. The van der Waals surface area contributed by atoms with Gasteiger partial charge in [-0.15, -0.1) is 0 Å². The van der Waals surface area contributed by atoms with Crippen LogP contribution in [-0.2, 0) is 0 Å². The van der Waals surface area contributed by atoms with Crippen LogP contribution in [0.1, 0.15) is 26.7 Å². The number of carbonyl (C=O) groups excluding carboxylic acids is 1. The van der Waals surface area contributed by atoms with Crippen LogP contribution in [0.15, 0.2) is 24.3 Å². The molecule has 5 nitrogen and oxygen atoms in total. The summed E-state index contributed by atoms with van der Waals surface area (Å²) in [6.45, 7) is 6.14. The maximum Gasteiger partial charge on any atom is 0.319 e. The third kappa shape index (κ3) is 4.36. The van der Waals surface area contributed by atoms with Gasteiger partial charge in [0, 0.05) is 18.3 Å². The van der Waals surface area contributed by atoms with Gasteiger partial charge in [0.1, 0.15) is 5.75 Å². The van der Waals surface area contributed by atoms with E-state index < -0.39 is 0 Å². The highest BCUT2D eigenvalue weighted by Gasteiger charge is 2.31. The number of urea groups is 1. The number of benzene rings is 1. The molecule has 1 aromatic carbocycles. The van der Waals surface area contributed by atoms with Crippen molar-refractivity contribution in [3.63, 3.8) is 0 Å². The van der Waals surface area contributed by atoms with E-state index >= 15 is 0 Å². The summed E-state index contributed by atoms with van der Waals surface area (Å²) in [5.74, 6) is 0.772. The predicted octanol–water partition coefficient (Wildman–Crippen LogP) is 2.59. The molecule has 0 aromatic heterocycles. The summed E-state index contributed by atoms with van der Waals surface area (Å²) in [6.07, 6.45) is 2.38. The molecular weight excluding hydrogens is 266 g/mol. The highest BCUT2D eigenvalue weighted by atomic mass is 16.5. The Morgan fingerprint density at radius 2 is 2.10 bits per heavy atom. The summed E-state index contributed by atoms with van der Waals surface area (Å²) in [6, 6.07) is 7.42. The maximum absolute atomic E-state index is 11.9. The van der Waals surface area contributed by atoms with Crippen molar-refractivity contribution >= 4 is 11.7 Å². The highest BCUT2D eigenvalue weighted by Crippen LogP contribution is 2.29. The fourth-order valence-electron chi connectivity index (χ4n) is 2.66. The fourth-order valence-corrected chi connectivity index (χ4v) is 2.66. The van der Waals surface area contributed by atoms with Crippen LogP contribution in [0.2, 0.25) is 0 Å². The molecule has 0 spiro atoms. The zero-order chi connectivity index (χ0) is 15.3. The molecule has 1 unspecified atom stereocenters. The van der Waals surface area contributed by atoms with E-state index in [0.717, 1.165) is 18.0 Å². The van der Waals surface area contributed by atoms with Gasteiger partial charge in [-0.2, -0.15) is 0 Å². The van der Waals surface area contributed by atoms with Crippen molar-refractivity contribution in [2.75, 3.05) is 25.5 Å². The van der Waals surface area contributed by atoms with Gasteiger partial charge in [-0.3, -0.25) is 0 Å². The van der Waals surface area contributed by atoms with Gasteiger partial charge in [0.15, 0.2) is 0 Å². The maximum atomic E-state index is 11.9. The number of amides is 2. The molecule has 0 saturated carbocycles. The minimum Gasteiger partial charge on any atom is -0.497 e. The second-order valence-corrected chi connectivity index (χ2v) is 6.16. The monoisotopic (exact) mass is 291 g/mol. The van der Waals surface area contributed by atoms with Crippen molar-refractivity contribution in [3.05, 3.63) is 24.3 Å². The first-order chi connectivity index (χ1) is 10.0. The van der Waals surface area contributed by atoms with E-state index in [-0.39, 0.29) is 11.4 Å². The second kappa shape index (κ2) is 6.80. The van der Waals surface area contributed by atoms with Gasteiger partial charge in [0.2, 0.25) is 0 Å². The Morgan fingerprint density at radius 3 is 2.71 bits per heavy atom. The van der Waals surface area contributed by atoms with Crippen molar-refractivity contribution < 1.29 is 9.53 Å². The van der Waals surface area contributed by atoms with Gasteiger partial charge >= 0.3 is 6.03 Å². The minimum atomic E-state index is -0.177. The molecule has 1 aromatic rings. The molecule has 1 heterocycles. The summed E-state index contributed by atoms with van der Waals surface area (Å²) in [5, 5.41) is 9.25. The number of anilines is 1. The number of ether oxygens (including phenoxy) is 1. The topological polar surface area (TPSA) is 62.4 Å². The number of methoxy groups -OCH3 is 1. The van der Waals surface area contributed by atoms with E-state index in [1.54, 1.807) is 7.11 Å². The number of nitrogens with one attached hydrogen (secondary N) is 3. The summed E-state index contributed by atoms with van der Waals surface area (Å²) < 4.78 is 5.09. The van der Waals surface area contributed by atoms with Crippen molar-refractivity contribution in [2.24, 2.45) is 5.41 Å². The van der Waals surface area contributed by atoms with Crippen LogP contribution in [0.3, 0.4) is 0 Å². The Bertz CT molecular complexity index is 471. The largest absolute Gasteiger partial charge is 0.497 e. The van der Waals surface area contributed by atoms with Gasteiger partial charge in [0.25, 0.3) is 0 Å². The molecule has 1 atom stereocenters. The smallest absolute Gasteiger partial charge is 0.319 e. The van der Waals surface area contributed by atoms with Crippen molar-refractivity contribution in [2.45, 2.75) is 32.7 Å². The number of rotatable bonds is 4. The number of hydrogen-bond donors (Lipinski definition) is 3. The Balaban J connectivity index is 1.81. The summed E-state index contributed by atoms with van der Waals surface area (Å²) in [4.78, 5) is 11.9. The van der Waals surface area contributed by atoms with E-state index in [2.05, 4.69) is 29.8 Å². The SMILES string of the molecule is COc1ccc(NC(=O)NCC2NCCCC2(C)C)cc1. The van der Waals surface area contributed by atoms with E-state index in [0.29, 0.717) is 12.6 Å².